The Morgan fingerprint density at radius 1 is 1.26 bits per heavy atom. The van der Waals surface area contributed by atoms with Crippen molar-refractivity contribution >= 4 is 0 Å². The topological polar surface area (TPSA) is 55.7 Å². The van der Waals surface area contributed by atoms with Gasteiger partial charge in [0.15, 0.2) is 0 Å². The minimum absolute atomic E-state index is 0.106. The molecule has 3 N–H and O–H groups in total. The summed E-state index contributed by atoms with van der Waals surface area (Å²) in [4.78, 5) is 2.33. The molecule has 0 aromatic heterocycles. The Hall–Kier alpha value is -1.26. The van der Waals surface area contributed by atoms with E-state index in [-0.39, 0.29) is 17.5 Å². The quantitative estimate of drug-likeness (QED) is 0.783. The number of hydrogen-bond donors (Lipinski definition) is 3. The monoisotopic (exact) mass is 264 g/mol. The van der Waals surface area contributed by atoms with Crippen molar-refractivity contribution < 1.29 is 10.2 Å². The van der Waals surface area contributed by atoms with E-state index in [2.05, 4.69) is 24.2 Å². The van der Waals surface area contributed by atoms with Gasteiger partial charge in [0, 0.05) is 23.7 Å². The van der Waals surface area contributed by atoms with E-state index in [0.29, 0.717) is 6.04 Å². The average molecular weight is 264 g/mol. The van der Waals surface area contributed by atoms with Crippen LogP contribution in [0.15, 0.2) is 18.2 Å². The second-order valence-electron chi connectivity index (χ2n) is 5.42. The third-order valence-electron chi connectivity index (χ3n) is 4.20. The molecule has 1 aliphatic heterocycles. The molecule has 0 saturated carbocycles. The Morgan fingerprint density at radius 2 is 2.05 bits per heavy atom. The molecule has 1 aromatic carbocycles. The van der Waals surface area contributed by atoms with Gasteiger partial charge in [-0.3, -0.25) is 4.90 Å². The van der Waals surface area contributed by atoms with Crippen LogP contribution in [0.3, 0.4) is 0 Å². The van der Waals surface area contributed by atoms with Crippen LogP contribution in [0.1, 0.15) is 37.8 Å². The van der Waals surface area contributed by atoms with Gasteiger partial charge in [0.1, 0.15) is 11.5 Å². The summed E-state index contributed by atoms with van der Waals surface area (Å²) in [7, 11) is 2.12. The third kappa shape index (κ3) is 3.39. The van der Waals surface area contributed by atoms with Crippen LogP contribution in [0.2, 0.25) is 0 Å². The fourth-order valence-corrected chi connectivity index (χ4v) is 2.83. The molecule has 1 saturated heterocycles. The van der Waals surface area contributed by atoms with Gasteiger partial charge in [-0.15, -0.1) is 0 Å². The first kappa shape index (κ1) is 14.2. The molecule has 19 heavy (non-hydrogen) atoms. The lowest BCUT2D eigenvalue weighted by Gasteiger charge is -2.33. The van der Waals surface area contributed by atoms with Gasteiger partial charge in [-0.25, -0.2) is 0 Å². The van der Waals surface area contributed by atoms with Gasteiger partial charge in [-0.1, -0.05) is 6.07 Å². The first-order valence-corrected chi connectivity index (χ1v) is 7.04. The molecule has 1 aliphatic rings. The van der Waals surface area contributed by atoms with Gasteiger partial charge in [0.05, 0.1) is 0 Å². The lowest BCUT2D eigenvalue weighted by Crippen LogP contribution is -2.34. The van der Waals surface area contributed by atoms with Crippen LogP contribution in [0.4, 0.5) is 0 Å². The van der Waals surface area contributed by atoms with E-state index < -0.39 is 0 Å². The Balaban J connectivity index is 2.10. The van der Waals surface area contributed by atoms with Gasteiger partial charge < -0.3 is 15.5 Å². The highest BCUT2D eigenvalue weighted by Crippen LogP contribution is 2.32. The van der Waals surface area contributed by atoms with E-state index in [1.165, 1.54) is 18.9 Å². The summed E-state index contributed by atoms with van der Waals surface area (Å²) in [5.41, 5.74) is 0.873. The van der Waals surface area contributed by atoms with Crippen LogP contribution in [0.5, 0.6) is 11.5 Å². The minimum Gasteiger partial charge on any atom is -0.508 e. The zero-order valence-electron chi connectivity index (χ0n) is 11.8. The van der Waals surface area contributed by atoms with Crippen molar-refractivity contribution in [1.82, 2.24) is 10.2 Å². The highest BCUT2D eigenvalue weighted by atomic mass is 16.3. The second kappa shape index (κ2) is 6.26. The molecule has 106 valence electrons. The minimum atomic E-state index is 0.106. The number of nitrogens with zero attached hydrogens (tertiary/aromatic N) is 1. The smallest absolute Gasteiger partial charge is 0.124 e. The van der Waals surface area contributed by atoms with Crippen molar-refractivity contribution in [3.8, 4) is 11.5 Å². The van der Waals surface area contributed by atoms with Crippen LogP contribution in [0, 0.1) is 0 Å². The molecule has 2 unspecified atom stereocenters. The Kier molecular flexibility index (Phi) is 4.66. The van der Waals surface area contributed by atoms with Crippen molar-refractivity contribution in [2.24, 2.45) is 0 Å². The van der Waals surface area contributed by atoms with E-state index in [0.717, 1.165) is 25.1 Å². The Bertz CT molecular complexity index is 415. The van der Waals surface area contributed by atoms with Crippen molar-refractivity contribution in [3.63, 3.8) is 0 Å². The zero-order chi connectivity index (χ0) is 13.8. The molecule has 4 nitrogen and oxygen atoms in total. The van der Waals surface area contributed by atoms with E-state index >= 15 is 0 Å². The van der Waals surface area contributed by atoms with Gasteiger partial charge in [-0.2, -0.15) is 0 Å². The summed E-state index contributed by atoms with van der Waals surface area (Å²) >= 11 is 0. The fourth-order valence-electron chi connectivity index (χ4n) is 2.83. The van der Waals surface area contributed by atoms with Crippen LogP contribution in [-0.2, 0) is 0 Å². The van der Waals surface area contributed by atoms with Crippen molar-refractivity contribution in [2.45, 2.75) is 38.3 Å². The summed E-state index contributed by atoms with van der Waals surface area (Å²) in [5, 5.41) is 22.7. The van der Waals surface area contributed by atoms with Gasteiger partial charge in [-0.05, 0) is 52.4 Å². The summed E-state index contributed by atoms with van der Waals surface area (Å²) in [6.45, 7) is 4.26. The molecular formula is C15H24N2O2. The second-order valence-corrected chi connectivity index (χ2v) is 5.42. The first-order chi connectivity index (χ1) is 9.09. The number of benzene rings is 1. The number of phenolic OH excluding ortho intramolecular Hbond substituents is 2. The zero-order valence-corrected chi connectivity index (χ0v) is 11.8. The maximum Gasteiger partial charge on any atom is 0.124 e. The van der Waals surface area contributed by atoms with Crippen molar-refractivity contribution in [2.75, 3.05) is 20.1 Å². The number of phenols is 2. The number of nitrogens with one attached hydrogen (secondary N) is 1. The number of aromatic hydroxyl groups is 2. The van der Waals surface area contributed by atoms with E-state index in [1.807, 2.05) is 0 Å². The number of hydrogen-bond acceptors (Lipinski definition) is 4. The molecule has 1 fully saturated rings. The Labute approximate surface area is 115 Å². The van der Waals surface area contributed by atoms with Gasteiger partial charge in [0.2, 0.25) is 0 Å². The summed E-state index contributed by atoms with van der Waals surface area (Å²) in [6, 6.07) is 5.53. The van der Waals surface area contributed by atoms with E-state index in [4.69, 9.17) is 0 Å². The lowest BCUT2D eigenvalue weighted by atomic mass is 10.0. The van der Waals surface area contributed by atoms with Crippen LogP contribution in [0.25, 0.3) is 0 Å². The van der Waals surface area contributed by atoms with E-state index in [9.17, 15) is 10.2 Å². The van der Waals surface area contributed by atoms with Gasteiger partial charge in [0.25, 0.3) is 0 Å². The molecule has 2 atom stereocenters. The highest BCUT2D eigenvalue weighted by Gasteiger charge is 2.23. The highest BCUT2D eigenvalue weighted by molar-refractivity contribution is 5.40. The molecule has 0 amide bonds. The number of rotatable bonds is 3. The predicted octanol–water partition coefficient (Wildman–Crippen LogP) is 2.23. The van der Waals surface area contributed by atoms with Crippen LogP contribution < -0.4 is 5.32 Å². The summed E-state index contributed by atoms with van der Waals surface area (Å²) < 4.78 is 0. The predicted molar refractivity (Wildman–Crippen MR) is 76.5 cm³/mol. The van der Waals surface area contributed by atoms with Gasteiger partial charge >= 0.3 is 0 Å². The molecule has 0 aliphatic carbocycles. The van der Waals surface area contributed by atoms with Crippen LogP contribution in [-0.4, -0.2) is 41.3 Å². The Morgan fingerprint density at radius 3 is 2.79 bits per heavy atom. The third-order valence-corrected chi connectivity index (χ3v) is 4.20. The summed E-state index contributed by atoms with van der Waals surface area (Å²) in [5.74, 6) is 0.279. The molecule has 4 heteroatoms. The van der Waals surface area contributed by atoms with E-state index in [1.54, 1.807) is 12.1 Å². The molecule has 1 aromatic rings. The molecule has 2 rings (SSSR count). The van der Waals surface area contributed by atoms with Crippen molar-refractivity contribution in [3.05, 3.63) is 23.8 Å². The normalized spacial score (nSPS) is 22.2. The maximum absolute atomic E-state index is 9.97. The molecular weight excluding hydrogens is 240 g/mol. The molecule has 0 radical (unpaired) electrons. The molecule has 1 heterocycles. The lowest BCUT2D eigenvalue weighted by molar-refractivity contribution is 0.169. The standard InChI is InChI=1S/C15H24N2O2/c1-11(14-6-5-13(18)10-15(14)19)17(2)12-4-3-8-16-9-7-12/h5-6,10-12,16,18-19H,3-4,7-9H2,1-2H3. The molecule has 0 spiro atoms. The fraction of sp³-hybridized carbons (Fsp3) is 0.600. The maximum atomic E-state index is 9.97. The first-order valence-electron chi connectivity index (χ1n) is 7.04. The van der Waals surface area contributed by atoms with Crippen LogP contribution >= 0.6 is 0 Å². The summed E-state index contributed by atoms with van der Waals surface area (Å²) in [6.07, 6.45) is 3.52. The van der Waals surface area contributed by atoms with Crippen molar-refractivity contribution in [1.29, 1.82) is 0 Å². The average Bonchev–Trinajstić information content (AvgIpc) is 2.66. The SMILES string of the molecule is CC(c1ccc(O)cc1O)N(C)C1CCCNCC1. The molecule has 0 bridgehead atoms. The largest absolute Gasteiger partial charge is 0.508 e.